The number of benzene rings is 2. The molecule has 0 amide bonds. The third-order valence-corrected chi connectivity index (χ3v) is 3.28. The zero-order valence-corrected chi connectivity index (χ0v) is 10.6. The molecule has 1 heterocycles. The minimum atomic E-state index is -0.862. The highest BCUT2D eigenvalue weighted by Crippen LogP contribution is 2.25. The number of halogens is 2. The summed E-state index contributed by atoms with van der Waals surface area (Å²) in [4.78, 5) is 0. The molecule has 1 atom stereocenters. The number of nitrogens with two attached hydrogens (primary N) is 1. The van der Waals surface area contributed by atoms with E-state index in [-0.39, 0.29) is 12.0 Å². The summed E-state index contributed by atoms with van der Waals surface area (Å²) in [7, 11) is 0. The first-order chi connectivity index (χ1) is 9.65. The maximum absolute atomic E-state index is 13.6. The first-order valence-corrected chi connectivity index (χ1v) is 6.32. The van der Waals surface area contributed by atoms with Crippen LogP contribution in [0.4, 0.5) is 8.78 Å². The quantitative estimate of drug-likeness (QED) is 0.784. The lowest BCUT2D eigenvalue weighted by atomic mass is 10.0. The standard InChI is InChI=1S/C16H13F2NO/c17-12-6-3-5-11(16(12)18)8-13(19)15-9-10-4-1-2-7-14(10)20-15/h1-7,9,13H,8,19H2. The summed E-state index contributed by atoms with van der Waals surface area (Å²) in [5, 5.41) is 0.942. The molecule has 0 saturated heterocycles. The van der Waals surface area contributed by atoms with Crippen molar-refractivity contribution >= 4 is 11.0 Å². The van der Waals surface area contributed by atoms with E-state index in [1.807, 2.05) is 30.3 Å². The summed E-state index contributed by atoms with van der Waals surface area (Å²) in [6.07, 6.45) is 0.184. The monoisotopic (exact) mass is 273 g/mol. The minimum Gasteiger partial charge on any atom is -0.459 e. The first kappa shape index (κ1) is 12.8. The number of para-hydroxylation sites is 1. The van der Waals surface area contributed by atoms with Crippen molar-refractivity contribution in [1.29, 1.82) is 0 Å². The van der Waals surface area contributed by atoms with E-state index in [1.165, 1.54) is 12.1 Å². The van der Waals surface area contributed by atoms with Gasteiger partial charge in [-0.15, -0.1) is 0 Å². The molecule has 0 aliphatic carbocycles. The van der Waals surface area contributed by atoms with Crippen LogP contribution < -0.4 is 5.73 Å². The molecule has 0 spiro atoms. The average Bonchev–Trinajstić information content (AvgIpc) is 2.88. The van der Waals surface area contributed by atoms with Crippen molar-refractivity contribution < 1.29 is 13.2 Å². The fourth-order valence-corrected chi connectivity index (χ4v) is 2.23. The van der Waals surface area contributed by atoms with Gasteiger partial charge in [0.25, 0.3) is 0 Å². The summed E-state index contributed by atoms with van der Waals surface area (Å²) >= 11 is 0. The zero-order valence-electron chi connectivity index (χ0n) is 10.6. The second-order valence-electron chi connectivity index (χ2n) is 4.71. The van der Waals surface area contributed by atoms with Gasteiger partial charge in [-0.3, -0.25) is 0 Å². The van der Waals surface area contributed by atoms with Crippen LogP contribution in [0.1, 0.15) is 17.4 Å². The molecule has 0 saturated carbocycles. The first-order valence-electron chi connectivity index (χ1n) is 6.32. The molecule has 2 N–H and O–H groups in total. The molecule has 20 heavy (non-hydrogen) atoms. The van der Waals surface area contributed by atoms with Crippen LogP contribution in [-0.2, 0) is 6.42 Å². The Kier molecular flexibility index (Phi) is 3.24. The maximum atomic E-state index is 13.6. The Balaban J connectivity index is 1.89. The van der Waals surface area contributed by atoms with Crippen LogP contribution in [0.3, 0.4) is 0 Å². The molecule has 0 aliphatic heterocycles. The van der Waals surface area contributed by atoms with Crippen LogP contribution in [0.25, 0.3) is 11.0 Å². The maximum Gasteiger partial charge on any atom is 0.162 e. The molecule has 0 radical (unpaired) electrons. The van der Waals surface area contributed by atoms with E-state index in [0.717, 1.165) is 17.0 Å². The van der Waals surface area contributed by atoms with Gasteiger partial charge in [0.05, 0.1) is 6.04 Å². The number of furan rings is 1. The molecule has 2 aromatic carbocycles. The summed E-state index contributed by atoms with van der Waals surface area (Å²) < 4.78 is 32.4. The Labute approximate surface area is 114 Å². The van der Waals surface area contributed by atoms with Gasteiger partial charge in [0.2, 0.25) is 0 Å². The summed E-state index contributed by atoms with van der Waals surface area (Å²) in [5.74, 6) is -1.15. The highest BCUT2D eigenvalue weighted by molar-refractivity contribution is 5.77. The smallest absolute Gasteiger partial charge is 0.162 e. The van der Waals surface area contributed by atoms with Crippen LogP contribution in [0.2, 0.25) is 0 Å². The zero-order chi connectivity index (χ0) is 14.1. The van der Waals surface area contributed by atoms with Crippen LogP contribution in [0, 0.1) is 11.6 Å². The van der Waals surface area contributed by atoms with Gasteiger partial charge in [0, 0.05) is 5.39 Å². The molecule has 0 aliphatic rings. The van der Waals surface area contributed by atoms with Gasteiger partial charge < -0.3 is 10.2 Å². The van der Waals surface area contributed by atoms with Crippen molar-refractivity contribution in [3.8, 4) is 0 Å². The summed E-state index contributed by atoms with van der Waals surface area (Å²) in [5.41, 5.74) is 7.01. The molecule has 3 aromatic rings. The van der Waals surface area contributed by atoms with Crippen molar-refractivity contribution in [1.82, 2.24) is 0 Å². The third kappa shape index (κ3) is 2.30. The van der Waals surface area contributed by atoms with E-state index < -0.39 is 17.7 Å². The second kappa shape index (κ2) is 5.06. The van der Waals surface area contributed by atoms with Crippen LogP contribution in [-0.4, -0.2) is 0 Å². The van der Waals surface area contributed by atoms with Crippen LogP contribution >= 0.6 is 0 Å². The third-order valence-electron chi connectivity index (χ3n) is 3.28. The van der Waals surface area contributed by atoms with Gasteiger partial charge in [0.1, 0.15) is 11.3 Å². The number of hydrogen-bond donors (Lipinski definition) is 1. The lowest BCUT2D eigenvalue weighted by molar-refractivity contribution is 0.470. The predicted octanol–water partition coefficient (Wildman–Crippen LogP) is 3.95. The van der Waals surface area contributed by atoms with Gasteiger partial charge in [-0.25, -0.2) is 8.78 Å². The highest BCUT2D eigenvalue weighted by atomic mass is 19.2. The number of rotatable bonds is 3. The topological polar surface area (TPSA) is 39.2 Å². The lowest BCUT2D eigenvalue weighted by Gasteiger charge is -2.09. The Hall–Kier alpha value is -2.20. The molecule has 0 fully saturated rings. The number of hydrogen-bond acceptors (Lipinski definition) is 2. The van der Waals surface area contributed by atoms with Crippen LogP contribution in [0.5, 0.6) is 0 Å². The van der Waals surface area contributed by atoms with Crippen molar-refractivity contribution in [2.24, 2.45) is 5.73 Å². The van der Waals surface area contributed by atoms with E-state index >= 15 is 0 Å². The number of fused-ring (bicyclic) bond motifs is 1. The SMILES string of the molecule is NC(Cc1cccc(F)c1F)c1cc2ccccc2o1. The van der Waals surface area contributed by atoms with Gasteiger partial charge in [-0.2, -0.15) is 0 Å². The molecular formula is C16H13F2NO. The van der Waals surface area contributed by atoms with Crippen molar-refractivity contribution in [3.63, 3.8) is 0 Å². The van der Waals surface area contributed by atoms with Crippen molar-refractivity contribution in [2.45, 2.75) is 12.5 Å². The molecular weight excluding hydrogens is 260 g/mol. The molecule has 102 valence electrons. The van der Waals surface area contributed by atoms with Gasteiger partial charge >= 0.3 is 0 Å². The van der Waals surface area contributed by atoms with Gasteiger partial charge in [0.15, 0.2) is 11.6 Å². The normalized spacial score (nSPS) is 12.8. The van der Waals surface area contributed by atoms with Gasteiger partial charge in [-0.05, 0) is 30.2 Å². The van der Waals surface area contributed by atoms with E-state index in [2.05, 4.69) is 0 Å². The van der Waals surface area contributed by atoms with E-state index in [4.69, 9.17) is 10.2 Å². The van der Waals surface area contributed by atoms with Crippen LogP contribution in [0.15, 0.2) is 52.9 Å². The summed E-state index contributed by atoms with van der Waals surface area (Å²) in [6.45, 7) is 0. The predicted molar refractivity (Wildman–Crippen MR) is 73.2 cm³/mol. The lowest BCUT2D eigenvalue weighted by Crippen LogP contribution is -2.13. The molecule has 1 aromatic heterocycles. The fraction of sp³-hybridized carbons (Fsp3) is 0.125. The van der Waals surface area contributed by atoms with E-state index in [1.54, 1.807) is 0 Å². The Morgan fingerprint density at radius 3 is 2.65 bits per heavy atom. The average molecular weight is 273 g/mol. The molecule has 1 unspecified atom stereocenters. The molecule has 2 nitrogen and oxygen atoms in total. The Bertz CT molecular complexity index is 718. The van der Waals surface area contributed by atoms with Gasteiger partial charge in [-0.1, -0.05) is 30.3 Å². The summed E-state index contributed by atoms with van der Waals surface area (Å²) in [6, 6.07) is 12.9. The van der Waals surface area contributed by atoms with E-state index in [9.17, 15) is 8.78 Å². The van der Waals surface area contributed by atoms with Crippen molar-refractivity contribution in [2.75, 3.05) is 0 Å². The Morgan fingerprint density at radius 1 is 1.05 bits per heavy atom. The second-order valence-corrected chi connectivity index (χ2v) is 4.71. The van der Waals surface area contributed by atoms with Crippen molar-refractivity contribution in [3.05, 3.63) is 71.5 Å². The van der Waals surface area contributed by atoms with E-state index in [0.29, 0.717) is 5.76 Å². The Morgan fingerprint density at radius 2 is 1.85 bits per heavy atom. The minimum absolute atomic E-state index is 0.184. The molecule has 4 heteroatoms. The largest absolute Gasteiger partial charge is 0.459 e. The highest BCUT2D eigenvalue weighted by Gasteiger charge is 2.16. The fourth-order valence-electron chi connectivity index (χ4n) is 2.23. The molecule has 0 bridgehead atoms. The molecule has 3 rings (SSSR count).